The normalized spacial score (nSPS) is 39.5. The molecule has 2 saturated heterocycles. The van der Waals surface area contributed by atoms with E-state index in [0.29, 0.717) is 11.6 Å². The Morgan fingerprint density at radius 1 is 1.05 bits per heavy atom. The molecule has 2 heterocycles. The van der Waals surface area contributed by atoms with Crippen LogP contribution in [0, 0.1) is 17.2 Å². The largest absolute Gasteiger partial charge is 0.279 e. The predicted molar refractivity (Wildman–Crippen MR) is 86.9 cm³/mol. The maximum atomic E-state index is 9.63. The minimum atomic E-state index is 0.224. The van der Waals surface area contributed by atoms with E-state index in [0.717, 1.165) is 12.3 Å². The summed E-state index contributed by atoms with van der Waals surface area (Å²) in [6.45, 7) is 2.29. The van der Waals surface area contributed by atoms with E-state index in [9.17, 15) is 5.26 Å². The summed E-state index contributed by atoms with van der Waals surface area (Å²) >= 11 is 0. The summed E-state index contributed by atoms with van der Waals surface area (Å²) in [5, 5.41) is 9.63. The second-order valence-corrected chi connectivity index (χ2v) is 7.72. The van der Waals surface area contributed by atoms with Gasteiger partial charge in [0.1, 0.15) is 0 Å². The average molecular weight is 288 g/mol. The Balaban J connectivity index is 1.72. The van der Waals surface area contributed by atoms with Crippen LogP contribution in [0.2, 0.25) is 0 Å². The molecule has 1 aliphatic carbocycles. The SMILES string of the molecule is CCCCCC[C@@H]1CC[C@@H]2CCCC[C@]23CC[C@@H](C#N)N13. The van der Waals surface area contributed by atoms with Crippen LogP contribution in [-0.4, -0.2) is 22.5 Å². The topological polar surface area (TPSA) is 27.0 Å². The van der Waals surface area contributed by atoms with Gasteiger partial charge in [0.2, 0.25) is 0 Å². The minimum absolute atomic E-state index is 0.224. The summed E-state index contributed by atoms with van der Waals surface area (Å²) in [5.74, 6) is 0.900. The molecule has 0 aromatic carbocycles. The summed E-state index contributed by atoms with van der Waals surface area (Å²) in [7, 11) is 0. The van der Waals surface area contributed by atoms with Gasteiger partial charge in [-0.25, -0.2) is 0 Å². The second-order valence-electron chi connectivity index (χ2n) is 7.72. The first-order valence-corrected chi connectivity index (χ1v) is 9.50. The second kappa shape index (κ2) is 6.69. The van der Waals surface area contributed by atoms with Crippen LogP contribution in [0.1, 0.15) is 90.4 Å². The third-order valence-corrected chi connectivity index (χ3v) is 6.65. The van der Waals surface area contributed by atoms with Crippen LogP contribution in [0.3, 0.4) is 0 Å². The van der Waals surface area contributed by atoms with E-state index in [1.54, 1.807) is 0 Å². The molecule has 0 N–H and O–H groups in total. The number of piperidine rings is 1. The maximum Gasteiger partial charge on any atom is 0.0985 e. The minimum Gasteiger partial charge on any atom is -0.279 e. The van der Waals surface area contributed by atoms with Crippen molar-refractivity contribution in [3.8, 4) is 6.07 Å². The zero-order valence-corrected chi connectivity index (χ0v) is 13.8. The van der Waals surface area contributed by atoms with Gasteiger partial charge in [-0.2, -0.15) is 5.26 Å². The molecule has 3 aliphatic rings. The van der Waals surface area contributed by atoms with Crippen molar-refractivity contribution in [2.45, 2.75) is 108 Å². The van der Waals surface area contributed by atoms with Gasteiger partial charge in [-0.15, -0.1) is 0 Å². The molecule has 118 valence electrons. The van der Waals surface area contributed by atoms with Crippen molar-refractivity contribution in [2.24, 2.45) is 5.92 Å². The smallest absolute Gasteiger partial charge is 0.0985 e. The van der Waals surface area contributed by atoms with Crippen molar-refractivity contribution >= 4 is 0 Å². The summed E-state index contributed by atoms with van der Waals surface area (Å²) in [6, 6.07) is 3.58. The average Bonchev–Trinajstić information content (AvgIpc) is 2.90. The Labute approximate surface area is 130 Å². The van der Waals surface area contributed by atoms with Crippen LogP contribution in [0.4, 0.5) is 0 Å². The highest BCUT2D eigenvalue weighted by Gasteiger charge is 2.55. The molecule has 0 amide bonds. The van der Waals surface area contributed by atoms with Crippen LogP contribution in [0.5, 0.6) is 0 Å². The molecule has 21 heavy (non-hydrogen) atoms. The van der Waals surface area contributed by atoms with Gasteiger partial charge < -0.3 is 0 Å². The van der Waals surface area contributed by atoms with E-state index in [4.69, 9.17) is 0 Å². The van der Waals surface area contributed by atoms with Gasteiger partial charge in [0.25, 0.3) is 0 Å². The first-order chi connectivity index (χ1) is 10.3. The Bertz CT molecular complexity index is 386. The van der Waals surface area contributed by atoms with Crippen molar-refractivity contribution in [1.82, 2.24) is 4.90 Å². The molecule has 0 aromatic heterocycles. The number of nitrogens with zero attached hydrogens (tertiary/aromatic N) is 2. The van der Waals surface area contributed by atoms with Crippen LogP contribution >= 0.6 is 0 Å². The lowest BCUT2D eigenvalue weighted by molar-refractivity contribution is -0.0528. The molecular formula is C19H32N2. The first-order valence-electron chi connectivity index (χ1n) is 9.50. The zero-order valence-electron chi connectivity index (χ0n) is 13.8. The highest BCUT2D eigenvalue weighted by atomic mass is 15.3. The highest BCUT2D eigenvalue weighted by Crippen LogP contribution is 2.54. The fraction of sp³-hybridized carbons (Fsp3) is 0.947. The van der Waals surface area contributed by atoms with Crippen LogP contribution in [0.25, 0.3) is 0 Å². The lowest BCUT2D eigenvalue weighted by Gasteiger charge is -2.55. The first kappa shape index (κ1) is 15.3. The van der Waals surface area contributed by atoms with E-state index in [-0.39, 0.29) is 6.04 Å². The Morgan fingerprint density at radius 3 is 2.76 bits per heavy atom. The molecule has 0 bridgehead atoms. The van der Waals surface area contributed by atoms with Crippen LogP contribution in [0.15, 0.2) is 0 Å². The molecule has 0 unspecified atom stereocenters. The van der Waals surface area contributed by atoms with Crippen molar-refractivity contribution in [3.63, 3.8) is 0 Å². The predicted octanol–water partition coefficient (Wildman–Crippen LogP) is 5.04. The molecule has 3 fully saturated rings. The summed E-state index contributed by atoms with van der Waals surface area (Å²) in [4.78, 5) is 2.76. The molecule has 1 spiro atoms. The van der Waals surface area contributed by atoms with Gasteiger partial charge in [0.05, 0.1) is 12.1 Å². The lowest BCUT2D eigenvalue weighted by atomic mass is 9.66. The van der Waals surface area contributed by atoms with E-state index in [1.807, 2.05) is 0 Å². The van der Waals surface area contributed by atoms with Crippen molar-refractivity contribution in [1.29, 1.82) is 5.26 Å². The number of hydrogen-bond acceptors (Lipinski definition) is 2. The van der Waals surface area contributed by atoms with Crippen LogP contribution in [-0.2, 0) is 0 Å². The molecule has 3 rings (SSSR count). The third-order valence-electron chi connectivity index (χ3n) is 6.65. The van der Waals surface area contributed by atoms with Crippen molar-refractivity contribution < 1.29 is 0 Å². The maximum absolute atomic E-state index is 9.63. The molecule has 2 nitrogen and oxygen atoms in total. The summed E-state index contributed by atoms with van der Waals surface area (Å²) in [5.41, 5.74) is 0.437. The molecule has 0 aromatic rings. The zero-order chi connectivity index (χ0) is 14.7. The number of unbranched alkanes of at least 4 members (excludes halogenated alkanes) is 3. The lowest BCUT2D eigenvalue weighted by Crippen LogP contribution is -2.60. The van der Waals surface area contributed by atoms with Gasteiger partial charge in [-0.05, 0) is 50.9 Å². The van der Waals surface area contributed by atoms with E-state index >= 15 is 0 Å². The van der Waals surface area contributed by atoms with Gasteiger partial charge in [0.15, 0.2) is 0 Å². The highest BCUT2D eigenvalue weighted by molar-refractivity contribution is 5.15. The molecule has 4 atom stereocenters. The fourth-order valence-corrected chi connectivity index (χ4v) is 5.71. The number of hydrogen-bond donors (Lipinski definition) is 0. The van der Waals surface area contributed by atoms with E-state index in [2.05, 4.69) is 17.9 Å². The van der Waals surface area contributed by atoms with Gasteiger partial charge >= 0.3 is 0 Å². The third kappa shape index (κ3) is 2.74. The van der Waals surface area contributed by atoms with Gasteiger partial charge in [-0.1, -0.05) is 45.4 Å². The molecule has 2 heteroatoms. The van der Waals surface area contributed by atoms with Gasteiger partial charge in [-0.3, -0.25) is 4.90 Å². The molecule has 2 aliphatic heterocycles. The van der Waals surface area contributed by atoms with Crippen molar-refractivity contribution in [3.05, 3.63) is 0 Å². The number of nitriles is 1. The van der Waals surface area contributed by atoms with E-state index in [1.165, 1.54) is 77.0 Å². The fourth-order valence-electron chi connectivity index (χ4n) is 5.71. The van der Waals surface area contributed by atoms with Crippen LogP contribution < -0.4 is 0 Å². The monoisotopic (exact) mass is 288 g/mol. The Morgan fingerprint density at radius 2 is 1.95 bits per heavy atom. The van der Waals surface area contributed by atoms with E-state index < -0.39 is 0 Å². The number of rotatable bonds is 5. The van der Waals surface area contributed by atoms with Crippen molar-refractivity contribution in [2.75, 3.05) is 0 Å². The summed E-state index contributed by atoms with van der Waals surface area (Å²) in [6.07, 6.45) is 17.7. The summed E-state index contributed by atoms with van der Waals surface area (Å²) < 4.78 is 0. The molecular weight excluding hydrogens is 256 g/mol. The van der Waals surface area contributed by atoms with Gasteiger partial charge in [0, 0.05) is 11.6 Å². The molecule has 0 radical (unpaired) electrons. The Kier molecular flexibility index (Phi) is 4.89. The Hall–Kier alpha value is -0.550. The standard InChI is InChI=1S/C19H32N2/c1-2-3-4-5-9-17-11-10-16-8-6-7-13-19(16)14-12-18(15-20)21(17)19/h16-18H,2-14H2,1H3/t16-,17+,18-,19-/m0/s1. The quantitative estimate of drug-likeness (QED) is 0.663. The molecule has 1 saturated carbocycles.